The first-order valence-corrected chi connectivity index (χ1v) is 9.53. The van der Waals surface area contributed by atoms with Gasteiger partial charge in [-0.2, -0.15) is 0 Å². The zero-order valence-electron chi connectivity index (χ0n) is 12.8. The van der Waals surface area contributed by atoms with E-state index in [2.05, 4.69) is 35.4 Å². The highest BCUT2D eigenvalue weighted by molar-refractivity contribution is 7.21. The topological polar surface area (TPSA) is 37.8 Å². The Bertz CT molecular complexity index is 563. The summed E-state index contributed by atoms with van der Waals surface area (Å²) in [5, 5.41) is 14.4. The summed E-state index contributed by atoms with van der Waals surface area (Å²) in [4.78, 5) is 2.91. The first-order chi connectivity index (χ1) is 10.2. The van der Waals surface area contributed by atoms with E-state index in [9.17, 15) is 0 Å². The molecular weight excluding hydrogens is 298 g/mol. The smallest absolute Gasteiger partial charge is 0.157 e. The van der Waals surface area contributed by atoms with Crippen LogP contribution in [0.5, 0.6) is 0 Å². The van der Waals surface area contributed by atoms with Crippen molar-refractivity contribution in [3.63, 3.8) is 0 Å². The van der Waals surface area contributed by atoms with Crippen LogP contribution in [0.25, 0.3) is 9.88 Å². The summed E-state index contributed by atoms with van der Waals surface area (Å²) in [7, 11) is 0. The van der Waals surface area contributed by atoms with Crippen LogP contribution in [0, 0.1) is 0 Å². The van der Waals surface area contributed by atoms with Gasteiger partial charge in [0.2, 0.25) is 0 Å². The quantitative estimate of drug-likeness (QED) is 0.843. The average Bonchev–Trinajstić information content (AvgIpc) is 3.01. The van der Waals surface area contributed by atoms with Gasteiger partial charge in [0, 0.05) is 23.9 Å². The minimum Gasteiger partial charge on any atom is -0.314 e. The van der Waals surface area contributed by atoms with Crippen molar-refractivity contribution in [1.82, 2.24) is 15.5 Å². The highest BCUT2D eigenvalue weighted by atomic mass is 32.1. The second-order valence-corrected chi connectivity index (χ2v) is 8.18. The van der Waals surface area contributed by atoms with Crippen LogP contribution in [0.4, 0.5) is 0 Å². The second-order valence-electron chi connectivity index (χ2n) is 5.98. The van der Waals surface area contributed by atoms with E-state index in [1.54, 1.807) is 21.8 Å². The fourth-order valence-electron chi connectivity index (χ4n) is 2.69. The highest BCUT2D eigenvalue weighted by Crippen LogP contribution is 2.36. The van der Waals surface area contributed by atoms with E-state index in [0.29, 0.717) is 6.04 Å². The van der Waals surface area contributed by atoms with Gasteiger partial charge in [-0.05, 0) is 37.3 Å². The van der Waals surface area contributed by atoms with Crippen molar-refractivity contribution >= 4 is 22.7 Å². The van der Waals surface area contributed by atoms with Gasteiger partial charge in [0.25, 0.3) is 0 Å². The predicted octanol–water partition coefficient (Wildman–Crippen LogP) is 4.08. The van der Waals surface area contributed by atoms with Gasteiger partial charge in [0.1, 0.15) is 5.01 Å². The Morgan fingerprint density at radius 2 is 2.00 bits per heavy atom. The molecule has 3 nitrogen and oxygen atoms in total. The van der Waals surface area contributed by atoms with Crippen LogP contribution in [-0.2, 0) is 19.3 Å². The molecule has 1 N–H and O–H groups in total. The molecular formula is C16H23N3S2. The van der Waals surface area contributed by atoms with Crippen molar-refractivity contribution in [2.75, 3.05) is 6.54 Å². The van der Waals surface area contributed by atoms with Crippen molar-refractivity contribution in [3.05, 3.63) is 21.5 Å². The normalized spacial score (nSPS) is 15.2. The Balaban J connectivity index is 1.68. The molecule has 1 aliphatic carbocycles. The molecule has 2 heterocycles. The Morgan fingerprint density at radius 1 is 1.14 bits per heavy atom. The third-order valence-corrected chi connectivity index (χ3v) is 6.21. The molecule has 1 aliphatic rings. The fourth-order valence-corrected chi connectivity index (χ4v) is 4.83. The van der Waals surface area contributed by atoms with E-state index in [4.69, 9.17) is 0 Å². The summed E-state index contributed by atoms with van der Waals surface area (Å²) >= 11 is 3.69. The van der Waals surface area contributed by atoms with Crippen LogP contribution in [0.3, 0.4) is 0 Å². The SMILES string of the molecule is CC(C)NCCc1nnc(-c2cc3c(s2)CCCCC3)s1. The molecule has 2 aromatic heterocycles. The van der Waals surface area contributed by atoms with Crippen molar-refractivity contribution in [1.29, 1.82) is 0 Å². The van der Waals surface area contributed by atoms with Crippen molar-refractivity contribution in [2.24, 2.45) is 0 Å². The first-order valence-electron chi connectivity index (χ1n) is 7.90. The number of hydrogen-bond acceptors (Lipinski definition) is 5. The third-order valence-electron chi connectivity index (χ3n) is 3.82. The Morgan fingerprint density at radius 3 is 2.86 bits per heavy atom. The number of nitrogens with zero attached hydrogens (tertiary/aromatic N) is 2. The molecule has 0 saturated carbocycles. The number of fused-ring (bicyclic) bond motifs is 1. The van der Waals surface area contributed by atoms with Gasteiger partial charge in [-0.15, -0.1) is 21.5 Å². The summed E-state index contributed by atoms with van der Waals surface area (Å²) in [6.45, 7) is 5.32. The zero-order valence-corrected chi connectivity index (χ0v) is 14.4. The molecule has 3 rings (SSSR count). The zero-order chi connectivity index (χ0) is 14.7. The van der Waals surface area contributed by atoms with Gasteiger partial charge in [0.05, 0.1) is 4.88 Å². The number of thiophene rings is 1. The maximum Gasteiger partial charge on any atom is 0.157 e. The van der Waals surface area contributed by atoms with Crippen molar-refractivity contribution in [3.8, 4) is 9.88 Å². The standard InChI is InChI=1S/C16H23N3S2/c1-11(2)17-9-8-15-18-19-16(21-15)14-10-12-6-4-3-5-7-13(12)20-14/h10-11,17H,3-9H2,1-2H3. The van der Waals surface area contributed by atoms with E-state index >= 15 is 0 Å². The molecule has 114 valence electrons. The average molecular weight is 322 g/mol. The Hall–Kier alpha value is -0.780. The molecule has 0 aromatic carbocycles. The summed E-state index contributed by atoms with van der Waals surface area (Å²) in [5.74, 6) is 0. The van der Waals surface area contributed by atoms with E-state index < -0.39 is 0 Å². The van der Waals surface area contributed by atoms with Gasteiger partial charge in [-0.25, -0.2) is 0 Å². The van der Waals surface area contributed by atoms with Crippen LogP contribution in [0.15, 0.2) is 6.07 Å². The monoisotopic (exact) mass is 321 g/mol. The third kappa shape index (κ3) is 3.90. The molecule has 0 fully saturated rings. The van der Waals surface area contributed by atoms with Crippen LogP contribution in [0.2, 0.25) is 0 Å². The number of rotatable bonds is 5. The molecule has 0 amide bonds. The number of aryl methyl sites for hydroxylation is 2. The lowest BCUT2D eigenvalue weighted by Crippen LogP contribution is -2.24. The van der Waals surface area contributed by atoms with Crippen LogP contribution in [-0.4, -0.2) is 22.8 Å². The molecule has 0 bridgehead atoms. The Kier molecular flexibility index (Phi) is 5.03. The van der Waals surface area contributed by atoms with Gasteiger partial charge in [-0.1, -0.05) is 31.6 Å². The maximum absolute atomic E-state index is 4.40. The minimum absolute atomic E-state index is 0.533. The van der Waals surface area contributed by atoms with E-state index in [-0.39, 0.29) is 0 Å². The molecule has 21 heavy (non-hydrogen) atoms. The van der Waals surface area contributed by atoms with Gasteiger partial charge in [0.15, 0.2) is 5.01 Å². The van der Waals surface area contributed by atoms with E-state index in [1.807, 2.05) is 11.3 Å². The van der Waals surface area contributed by atoms with Crippen molar-refractivity contribution in [2.45, 2.75) is 58.4 Å². The van der Waals surface area contributed by atoms with Crippen LogP contribution >= 0.6 is 22.7 Å². The summed E-state index contributed by atoms with van der Waals surface area (Å²) in [6.07, 6.45) is 7.53. The van der Waals surface area contributed by atoms with Crippen LogP contribution < -0.4 is 5.32 Å². The Labute approximate surface area is 134 Å². The number of aromatic nitrogens is 2. The minimum atomic E-state index is 0.533. The number of nitrogens with one attached hydrogen (secondary N) is 1. The number of hydrogen-bond donors (Lipinski definition) is 1. The molecule has 0 atom stereocenters. The molecule has 2 aromatic rings. The van der Waals surface area contributed by atoms with E-state index in [1.165, 1.54) is 37.0 Å². The lowest BCUT2D eigenvalue weighted by molar-refractivity contribution is 0.588. The molecule has 0 saturated heterocycles. The molecule has 0 spiro atoms. The lowest BCUT2D eigenvalue weighted by Gasteiger charge is -2.04. The summed E-state index contributed by atoms with van der Waals surface area (Å²) in [5.41, 5.74) is 1.56. The molecule has 0 aliphatic heterocycles. The van der Waals surface area contributed by atoms with Gasteiger partial charge in [-0.3, -0.25) is 0 Å². The molecule has 0 unspecified atom stereocenters. The fraction of sp³-hybridized carbons (Fsp3) is 0.625. The summed E-state index contributed by atoms with van der Waals surface area (Å²) < 4.78 is 0. The molecule has 0 radical (unpaired) electrons. The lowest BCUT2D eigenvalue weighted by atomic mass is 10.1. The largest absolute Gasteiger partial charge is 0.314 e. The summed E-state index contributed by atoms with van der Waals surface area (Å²) in [6, 6.07) is 2.90. The van der Waals surface area contributed by atoms with Gasteiger partial charge < -0.3 is 5.32 Å². The highest BCUT2D eigenvalue weighted by Gasteiger charge is 2.15. The second kappa shape index (κ2) is 6.99. The van der Waals surface area contributed by atoms with Gasteiger partial charge >= 0.3 is 0 Å². The molecule has 5 heteroatoms. The first kappa shape index (κ1) is 15.1. The van der Waals surface area contributed by atoms with Crippen molar-refractivity contribution < 1.29 is 0 Å². The predicted molar refractivity (Wildman–Crippen MR) is 91.3 cm³/mol. The van der Waals surface area contributed by atoms with Crippen LogP contribution in [0.1, 0.15) is 48.6 Å². The van der Waals surface area contributed by atoms with E-state index in [0.717, 1.165) is 23.0 Å². The maximum atomic E-state index is 4.40.